The molecule has 1 aromatic heterocycles. The number of nitrogens with zero attached hydrogens (tertiary/aromatic N) is 1. The van der Waals surface area contributed by atoms with Gasteiger partial charge in [0.15, 0.2) is 11.6 Å². The molecule has 0 spiro atoms. The van der Waals surface area contributed by atoms with Gasteiger partial charge in [0, 0.05) is 51.8 Å². The maximum atomic E-state index is 12.7. The molecular weight excluding hydrogens is 579 g/mol. The Hall–Kier alpha value is -3.40. The van der Waals surface area contributed by atoms with E-state index in [4.69, 9.17) is 10.6 Å². The summed E-state index contributed by atoms with van der Waals surface area (Å²) in [6.45, 7) is 2.85. The average Bonchev–Trinajstić information content (AvgIpc) is 3.12. The zero-order valence-electron chi connectivity index (χ0n) is 21.2. The quantitative estimate of drug-likeness (QED) is 0.154. The Balaban J connectivity index is 0.000000400. The molecule has 5 heteroatoms. The van der Waals surface area contributed by atoms with Crippen molar-refractivity contribution < 1.29 is 40.3 Å². The van der Waals surface area contributed by atoms with Gasteiger partial charge in [0.1, 0.15) is 0 Å². The Morgan fingerprint density at radius 3 is 2.47 bits per heavy atom. The van der Waals surface area contributed by atoms with Crippen LogP contribution in [0, 0.1) is 6.07 Å². The van der Waals surface area contributed by atoms with Crippen molar-refractivity contribution in [1.82, 2.24) is 4.98 Å². The number of allylic oxidation sites excluding steroid dienone is 2. The number of rotatable bonds is 2. The van der Waals surface area contributed by atoms with Gasteiger partial charge in [0.25, 0.3) is 0 Å². The first-order valence-corrected chi connectivity index (χ1v) is 9.55. The molecule has 0 bridgehead atoms. The van der Waals surface area contributed by atoms with Crippen molar-refractivity contribution in [3.8, 4) is 22.4 Å². The fourth-order valence-electron chi connectivity index (χ4n) is 3.64. The largest absolute Gasteiger partial charge is 0.512 e. The molecule has 0 unspecified atom stereocenters. The number of fused-ring (bicyclic) bond motifs is 5. The molecule has 32 heavy (non-hydrogen) atoms. The van der Waals surface area contributed by atoms with Crippen LogP contribution in [0.2, 0.25) is 0 Å². The van der Waals surface area contributed by atoms with Crippen LogP contribution in [0.4, 0.5) is 0 Å². The van der Waals surface area contributed by atoms with Crippen molar-refractivity contribution in [2.75, 3.05) is 0 Å². The van der Waals surface area contributed by atoms with Crippen LogP contribution in [-0.4, -0.2) is 21.7 Å². The second-order valence-electron chi connectivity index (χ2n) is 7.01. The van der Waals surface area contributed by atoms with Crippen LogP contribution in [0.3, 0.4) is 0 Å². The fraction of sp³-hybridized carbons (Fsp3) is 0.0741. The number of ketones is 2. The first-order valence-electron chi connectivity index (χ1n) is 11.6. The van der Waals surface area contributed by atoms with Crippen molar-refractivity contribution >= 4 is 22.3 Å². The summed E-state index contributed by atoms with van der Waals surface area (Å²) in [5.74, 6) is -0.0773. The molecule has 4 aromatic rings. The SMILES string of the molecule is CC(=O)/C=C(/C)O.[2H]c1[c-]c(-c2nccc3c4c(ccc23)C(=O)c2ccccc2-4)c([2H])c([2H])c1[2H].[Ir]. The summed E-state index contributed by atoms with van der Waals surface area (Å²) in [5, 5.41) is 9.90. The number of hydrogen-bond donors (Lipinski definition) is 1. The molecule has 0 saturated carbocycles. The smallest absolute Gasteiger partial charge is 0.194 e. The van der Waals surface area contributed by atoms with Crippen LogP contribution in [0.25, 0.3) is 33.2 Å². The van der Waals surface area contributed by atoms with E-state index in [0.29, 0.717) is 22.2 Å². The van der Waals surface area contributed by atoms with Gasteiger partial charge in [-0.1, -0.05) is 36.4 Å². The minimum atomic E-state index is -0.325. The maximum absolute atomic E-state index is 12.7. The topological polar surface area (TPSA) is 67.3 Å². The second kappa shape index (κ2) is 9.82. The minimum absolute atomic E-state index is 0. The molecule has 5 rings (SSSR count). The summed E-state index contributed by atoms with van der Waals surface area (Å²) in [6, 6.07) is 14.5. The van der Waals surface area contributed by atoms with Gasteiger partial charge in [0.2, 0.25) is 0 Å². The zero-order valence-corrected chi connectivity index (χ0v) is 19.6. The number of pyridine rings is 1. The van der Waals surface area contributed by atoms with E-state index in [1.807, 2.05) is 30.3 Å². The van der Waals surface area contributed by atoms with Gasteiger partial charge in [-0.05, 0) is 44.7 Å². The average molecular weight is 603 g/mol. The van der Waals surface area contributed by atoms with E-state index >= 15 is 0 Å². The van der Waals surface area contributed by atoms with Crippen LogP contribution in [0.15, 0.2) is 84.7 Å². The Morgan fingerprint density at radius 1 is 1.03 bits per heavy atom. The summed E-state index contributed by atoms with van der Waals surface area (Å²) in [5.41, 5.74) is 3.63. The van der Waals surface area contributed by atoms with Crippen LogP contribution in [-0.2, 0) is 24.9 Å². The van der Waals surface area contributed by atoms with E-state index < -0.39 is 0 Å². The molecule has 0 atom stereocenters. The fourth-order valence-corrected chi connectivity index (χ4v) is 3.64. The first kappa shape index (κ1) is 18.2. The van der Waals surface area contributed by atoms with Gasteiger partial charge in [-0.3, -0.25) is 9.59 Å². The molecule has 1 N–H and O–H groups in total. The molecule has 0 fully saturated rings. The molecule has 0 aliphatic heterocycles. The molecule has 0 amide bonds. The maximum Gasteiger partial charge on any atom is 0.194 e. The van der Waals surface area contributed by atoms with Crippen LogP contribution < -0.4 is 0 Å². The molecule has 1 heterocycles. The predicted molar refractivity (Wildman–Crippen MR) is 122 cm³/mol. The molecule has 1 aliphatic rings. The minimum Gasteiger partial charge on any atom is -0.512 e. The third-order valence-corrected chi connectivity index (χ3v) is 4.78. The van der Waals surface area contributed by atoms with E-state index in [0.717, 1.165) is 16.5 Å². The van der Waals surface area contributed by atoms with E-state index in [-0.39, 0.29) is 67.2 Å². The number of hydrogen-bond acceptors (Lipinski definition) is 4. The third-order valence-electron chi connectivity index (χ3n) is 4.78. The number of aromatic nitrogens is 1. The summed E-state index contributed by atoms with van der Waals surface area (Å²) < 4.78 is 31.8. The molecule has 0 saturated heterocycles. The van der Waals surface area contributed by atoms with Gasteiger partial charge in [-0.2, -0.15) is 0 Å². The second-order valence-corrected chi connectivity index (χ2v) is 7.01. The first-order chi connectivity index (χ1) is 16.6. The summed E-state index contributed by atoms with van der Waals surface area (Å²) >= 11 is 0. The van der Waals surface area contributed by atoms with Gasteiger partial charge < -0.3 is 10.1 Å². The monoisotopic (exact) mass is 603 g/mol. The number of carbonyl (C=O) groups is 2. The zero-order chi connectivity index (χ0) is 25.4. The summed E-state index contributed by atoms with van der Waals surface area (Å²) in [6.07, 6.45) is 2.76. The number of aliphatic hydroxyl groups is 1. The van der Waals surface area contributed by atoms with Crippen molar-refractivity contribution in [3.63, 3.8) is 0 Å². The summed E-state index contributed by atoms with van der Waals surface area (Å²) in [7, 11) is 0. The molecule has 3 aromatic carbocycles. The van der Waals surface area contributed by atoms with E-state index in [9.17, 15) is 9.59 Å². The van der Waals surface area contributed by atoms with Crippen molar-refractivity contribution in [2.45, 2.75) is 13.8 Å². The van der Waals surface area contributed by atoms with Crippen molar-refractivity contribution in [2.24, 2.45) is 0 Å². The summed E-state index contributed by atoms with van der Waals surface area (Å²) in [4.78, 5) is 27.1. The Labute approximate surface area is 205 Å². The van der Waals surface area contributed by atoms with Gasteiger partial charge in [0.05, 0.1) is 5.76 Å². The van der Waals surface area contributed by atoms with Crippen LogP contribution >= 0.6 is 0 Å². The molecular formula is C27H20IrNO3-. The van der Waals surface area contributed by atoms with Crippen LogP contribution in [0.1, 0.15) is 35.3 Å². The molecule has 1 radical (unpaired) electrons. The van der Waals surface area contributed by atoms with Gasteiger partial charge in [-0.25, -0.2) is 0 Å². The standard InChI is InChI=1S/C22H12NO.C5H8O2.Ir/c24-22-18-9-5-4-8-15(18)20-16-12-13-23-21(14-6-2-1-3-7-14)17(16)10-11-19(20)22;1-4(6)3-5(2)7;/h1-6,8-13H;3,6H,1-2H3;/q-1;;/b;4-3-;/i1D,2D,3D,6D;;. The molecule has 4 nitrogen and oxygen atoms in total. The Morgan fingerprint density at radius 2 is 1.78 bits per heavy atom. The van der Waals surface area contributed by atoms with Crippen molar-refractivity contribution in [1.29, 1.82) is 0 Å². The van der Waals surface area contributed by atoms with Crippen molar-refractivity contribution in [3.05, 3.63) is 102 Å². The van der Waals surface area contributed by atoms with Gasteiger partial charge >= 0.3 is 0 Å². The molecule has 1 aliphatic carbocycles. The van der Waals surface area contributed by atoms with E-state index in [2.05, 4.69) is 11.1 Å². The Kier molecular flexibility index (Phi) is 5.58. The third kappa shape index (κ3) is 4.45. The number of carbonyl (C=O) groups excluding carboxylic acids is 2. The van der Waals surface area contributed by atoms with Crippen LogP contribution in [0.5, 0.6) is 0 Å². The van der Waals surface area contributed by atoms with E-state index in [1.54, 1.807) is 18.3 Å². The van der Waals surface area contributed by atoms with Gasteiger partial charge in [-0.15, -0.1) is 35.8 Å². The Bertz CT molecular complexity index is 1560. The normalized spacial score (nSPS) is 13.4. The number of aliphatic hydroxyl groups excluding tert-OH is 1. The predicted octanol–water partition coefficient (Wildman–Crippen LogP) is 5.95. The molecule has 161 valence electrons. The number of benzene rings is 3. The van der Waals surface area contributed by atoms with E-state index in [1.165, 1.54) is 19.9 Å².